The van der Waals surface area contributed by atoms with Crippen molar-refractivity contribution in [1.29, 1.82) is 0 Å². The number of halogens is 1. The topological polar surface area (TPSA) is 67.2 Å². The molecule has 0 aliphatic heterocycles. The molecule has 1 fully saturated rings. The fourth-order valence-electron chi connectivity index (χ4n) is 2.93. The van der Waals surface area contributed by atoms with Crippen LogP contribution in [-0.4, -0.2) is 23.5 Å². The first-order valence-corrected chi connectivity index (χ1v) is 8.05. The molecule has 0 saturated heterocycles. The van der Waals surface area contributed by atoms with Gasteiger partial charge in [0.15, 0.2) is 5.58 Å². The smallest absolute Gasteiger partial charge is 0.295 e. The Kier molecular flexibility index (Phi) is 4.52. The van der Waals surface area contributed by atoms with Gasteiger partial charge in [-0.05, 0) is 43.7 Å². The van der Waals surface area contributed by atoms with Crippen LogP contribution in [-0.2, 0) is 4.79 Å². The highest BCUT2D eigenvalue weighted by Gasteiger charge is 2.22. The molecule has 2 N–H and O–H groups in total. The number of nitrogens with zero attached hydrogens (tertiary/aromatic N) is 1. The predicted octanol–water partition coefficient (Wildman–Crippen LogP) is 3.59. The molecule has 2 aromatic rings. The minimum atomic E-state index is 0.0467. The minimum Gasteiger partial charge on any atom is -0.423 e. The summed E-state index contributed by atoms with van der Waals surface area (Å²) in [4.78, 5) is 15.4. The van der Waals surface area contributed by atoms with E-state index in [0.29, 0.717) is 28.6 Å². The number of rotatable bonds is 4. The van der Waals surface area contributed by atoms with Crippen molar-refractivity contribution in [2.24, 2.45) is 5.92 Å². The molecule has 1 amide bonds. The van der Waals surface area contributed by atoms with E-state index in [-0.39, 0.29) is 5.91 Å². The Labute approximate surface area is 134 Å². The summed E-state index contributed by atoms with van der Waals surface area (Å²) >= 11 is 5.95. The van der Waals surface area contributed by atoms with Gasteiger partial charge in [0.1, 0.15) is 5.52 Å². The number of aromatic nitrogens is 1. The second-order valence-electron chi connectivity index (χ2n) is 5.93. The summed E-state index contributed by atoms with van der Waals surface area (Å²) < 4.78 is 5.69. The highest BCUT2D eigenvalue weighted by atomic mass is 35.5. The van der Waals surface area contributed by atoms with Crippen LogP contribution in [0.25, 0.3) is 11.1 Å². The van der Waals surface area contributed by atoms with E-state index in [2.05, 4.69) is 15.6 Å². The van der Waals surface area contributed by atoms with Crippen molar-refractivity contribution < 1.29 is 9.21 Å². The molecule has 3 rings (SSSR count). The fraction of sp³-hybridized carbons (Fsp3) is 0.500. The largest absolute Gasteiger partial charge is 0.423 e. The number of carbonyl (C=O) groups is 1. The summed E-state index contributed by atoms with van der Waals surface area (Å²) in [5.41, 5.74) is 1.51. The second-order valence-corrected chi connectivity index (χ2v) is 6.37. The van der Waals surface area contributed by atoms with Gasteiger partial charge in [-0.2, -0.15) is 4.98 Å². The molecule has 1 saturated carbocycles. The third-order valence-corrected chi connectivity index (χ3v) is 4.40. The number of amides is 1. The number of oxazole rings is 1. The zero-order valence-electron chi connectivity index (χ0n) is 12.6. The first-order chi connectivity index (χ1) is 10.6. The molecular weight excluding hydrogens is 302 g/mol. The summed E-state index contributed by atoms with van der Waals surface area (Å²) in [7, 11) is 0. The molecule has 1 heterocycles. The predicted molar refractivity (Wildman–Crippen MR) is 87.1 cm³/mol. The Morgan fingerprint density at radius 1 is 1.36 bits per heavy atom. The molecular formula is C16H20ClN3O2. The van der Waals surface area contributed by atoms with E-state index in [4.69, 9.17) is 16.0 Å². The number of benzene rings is 1. The monoisotopic (exact) mass is 321 g/mol. The van der Waals surface area contributed by atoms with Crippen molar-refractivity contribution in [3.8, 4) is 0 Å². The average molecular weight is 322 g/mol. The standard InChI is InChI=1S/C16H20ClN3O2/c1-10(21)18-9-11-2-5-13(6-3-11)19-16-20-14-7-4-12(17)8-15(14)22-16/h4,7-8,11,13H,2-3,5-6,9H2,1H3,(H,18,21)(H,19,20). The number of carbonyl (C=O) groups excluding carboxylic acids is 1. The summed E-state index contributed by atoms with van der Waals surface area (Å²) in [5, 5.41) is 6.91. The summed E-state index contributed by atoms with van der Waals surface area (Å²) in [5.74, 6) is 0.620. The molecule has 1 aromatic carbocycles. The van der Waals surface area contributed by atoms with Crippen LogP contribution in [0.15, 0.2) is 22.6 Å². The number of anilines is 1. The molecule has 0 atom stereocenters. The number of nitrogens with one attached hydrogen (secondary N) is 2. The Hall–Kier alpha value is -1.75. The van der Waals surface area contributed by atoms with E-state index >= 15 is 0 Å². The second kappa shape index (κ2) is 6.57. The molecule has 1 aliphatic carbocycles. The summed E-state index contributed by atoms with van der Waals surface area (Å²) in [6.45, 7) is 2.34. The molecule has 118 valence electrons. The van der Waals surface area contributed by atoms with Crippen LogP contribution >= 0.6 is 11.6 Å². The molecule has 0 bridgehead atoms. The van der Waals surface area contributed by atoms with E-state index in [0.717, 1.165) is 37.7 Å². The highest BCUT2D eigenvalue weighted by Crippen LogP contribution is 2.28. The van der Waals surface area contributed by atoms with E-state index < -0.39 is 0 Å². The van der Waals surface area contributed by atoms with Crippen molar-refractivity contribution in [3.05, 3.63) is 23.2 Å². The average Bonchev–Trinajstić information content (AvgIpc) is 2.87. The van der Waals surface area contributed by atoms with Crippen LogP contribution < -0.4 is 10.6 Å². The van der Waals surface area contributed by atoms with E-state index in [1.807, 2.05) is 12.1 Å². The minimum absolute atomic E-state index is 0.0467. The van der Waals surface area contributed by atoms with Crippen LogP contribution in [0.1, 0.15) is 32.6 Å². The summed E-state index contributed by atoms with van der Waals surface area (Å²) in [6.07, 6.45) is 4.32. The van der Waals surface area contributed by atoms with Crippen LogP contribution in [0.2, 0.25) is 5.02 Å². The van der Waals surface area contributed by atoms with Gasteiger partial charge in [0, 0.05) is 30.6 Å². The van der Waals surface area contributed by atoms with Gasteiger partial charge >= 0.3 is 0 Å². The fourth-order valence-corrected chi connectivity index (χ4v) is 3.10. The Bertz CT molecular complexity index is 662. The molecule has 0 unspecified atom stereocenters. The lowest BCUT2D eigenvalue weighted by Gasteiger charge is -2.28. The first kappa shape index (κ1) is 15.2. The van der Waals surface area contributed by atoms with Crippen LogP contribution in [0.3, 0.4) is 0 Å². The summed E-state index contributed by atoms with van der Waals surface area (Å²) in [6, 6.07) is 6.37. The third kappa shape index (κ3) is 3.71. The van der Waals surface area contributed by atoms with Gasteiger partial charge in [-0.1, -0.05) is 11.6 Å². The zero-order chi connectivity index (χ0) is 15.5. The van der Waals surface area contributed by atoms with E-state index in [9.17, 15) is 4.79 Å². The number of hydrogen-bond donors (Lipinski definition) is 2. The Balaban J connectivity index is 1.54. The van der Waals surface area contributed by atoms with Gasteiger partial charge in [0.25, 0.3) is 6.01 Å². The lowest BCUT2D eigenvalue weighted by Crippen LogP contribution is -2.33. The maximum atomic E-state index is 10.9. The normalized spacial score (nSPS) is 21.7. The molecule has 6 heteroatoms. The maximum Gasteiger partial charge on any atom is 0.295 e. The SMILES string of the molecule is CC(=O)NCC1CCC(Nc2nc3ccc(Cl)cc3o2)CC1. The Morgan fingerprint density at radius 2 is 2.14 bits per heavy atom. The van der Waals surface area contributed by atoms with Crippen molar-refractivity contribution in [3.63, 3.8) is 0 Å². The van der Waals surface area contributed by atoms with Gasteiger partial charge < -0.3 is 15.1 Å². The molecule has 0 radical (unpaired) electrons. The van der Waals surface area contributed by atoms with Crippen LogP contribution in [0.4, 0.5) is 6.01 Å². The van der Waals surface area contributed by atoms with E-state index in [1.54, 1.807) is 13.0 Å². The lowest BCUT2D eigenvalue weighted by molar-refractivity contribution is -0.119. The lowest BCUT2D eigenvalue weighted by atomic mass is 9.86. The zero-order valence-corrected chi connectivity index (χ0v) is 13.3. The van der Waals surface area contributed by atoms with Crippen LogP contribution in [0.5, 0.6) is 0 Å². The molecule has 22 heavy (non-hydrogen) atoms. The molecule has 5 nitrogen and oxygen atoms in total. The van der Waals surface area contributed by atoms with Gasteiger partial charge in [-0.15, -0.1) is 0 Å². The molecule has 1 aromatic heterocycles. The van der Waals surface area contributed by atoms with E-state index in [1.165, 1.54) is 0 Å². The van der Waals surface area contributed by atoms with Gasteiger partial charge in [0.2, 0.25) is 5.91 Å². The van der Waals surface area contributed by atoms with Crippen molar-refractivity contribution in [1.82, 2.24) is 10.3 Å². The van der Waals surface area contributed by atoms with Crippen LogP contribution in [0, 0.1) is 5.92 Å². The first-order valence-electron chi connectivity index (χ1n) is 7.67. The maximum absolute atomic E-state index is 10.9. The van der Waals surface area contributed by atoms with Gasteiger partial charge in [-0.25, -0.2) is 0 Å². The molecule has 0 spiro atoms. The highest BCUT2D eigenvalue weighted by molar-refractivity contribution is 6.31. The van der Waals surface area contributed by atoms with Gasteiger partial charge in [0.05, 0.1) is 0 Å². The van der Waals surface area contributed by atoms with Crippen molar-refractivity contribution in [2.45, 2.75) is 38.6 Å². The third-order valence-electron chi connectivity index (χ3n) is 4.16. The van der Waals surface area contributed by atoms with Gasteiger partial charge in [-0.3, -0.25) is 4.79 Å². The van der Waals surface area contributed by atoms with Crippen molar-refractivity contribution in [2.75, 3.05) is 11.9 Å². The number of hydrogen-bond acceptors (Lipinski definition) is 4. The van der Waals surface area contributed by atoms with Crippen molar-refractivity contribution >= 4 is 34.6 Å². The quantitative estimate of drug-likeness (QED) is 0.903. The molecule has 1 aliphatic rings. The Morgan fingerprint density at radius 3 is 2.86 bits per heavy atom. The number of fused-ring (bicyclic) bond motifs is 1.